The lowest BCUT2D eigenvalue weighted by atomic mass is 10.2. The number of hydrazine groups is 1. The molecule has 0 aliphatic heterocycles. The van der Waals surface area contributed by atoms with Gasteiger partial charge in [-0.05, 0) is 61.1 Å². The van der Waals surface area contributed by atoms with Gasteiger partial charge in [-0.2, -0.15) is 0 Å². The van der Waals surface area contributed by atoms with Gasteiger partial charge in [0.25, 0.3) is 5.91 Å². The molecule has 2 amide bonds. The highest BCUT2D eigenvalue weighted by atomic mass is 35.5. The first-order valence-electron chi connectivity index (χ1n) is 9.11. The highest BCUT2D eigenvalue weighted by molar-refractivity contribution is 7.80. The summed E-state index contributed by atoms with van der Waals surface area (Å²) < 4.78 is 10.2. The van der Waals surface area contributed by atoms with Crippen molar-refractivity contribution < 1.29 is 23.9 Å². The van der Waals surface area contributed by atoms with Gasteiger partial charge in [-0.3, -0.25) is 25.8 Å². The van der Waals surface area contributed by atoms with Gasteiger partial charge in [0.2, 0.25) is 5.91 Å². The molecule has 0 aromatic heterocycles. The monoisotopic (exact) mass is 461 g/mol. The molecular formula is C21H20ClN3O5S. The molecule has 0 atom stereocenters. The summed E-state index contributed by atoms with van der Waals surface area (Å²) in [4.78, 5) is 35.3. The minimum atomic E-state index is -0.530. The molecule has 0 unspecified atom stereocenters. The molecule has 3 N–H and O–H groups in total. The number of carbonyl (C=O) groups is 3. The van der Waals surface area contributed by atoms with Crippen LogP contribution in [-0.2, 0) is 14.3 Å². The molecule has 0 bridgehead atoms. The fraction of sp³-hybridized carbons (Fsp3) is 0.143. The van der Waals surface area contributed by atoms with Crippen molar-refractivity contribution in [3.63, 3.8) is 0 Å². The number of ether oxygens (including phenoxy) is 2. The van der Waals surface area contributed by atoms with E-state index in [1.165, 1.54) is 18.2 Å². The zero-order chi connectivity index (χ0) is 22.6. The summed E-state index contributed by atoms with van der Waals surface area (Å²) in [6.07, 6.45) is 2.81. The number of hydrogen-bond acceptors (Lipinski definition) is 6. The van der Waals surface area contributed by atoms with Crippen molar-refractivity contribution in [3.05, 3.63) is 70.8 Å². The number of halogens is 1. The van der Waals surface area contributed by atoms with Crippen LogP contribution in [0.1, 0.15) is 22.8 Å². The number of thiocarbonyl (C=S) groups is 1. The number of rotatable bonds is 7. The van der Waals surface area contributed by atoms with Crippen LogP contribution in [0.25, 0.3) is 6.08 Å². The third-order valence-corrected chi connectivity index (χ3v) is 4.16. The smallest absolute Gasteiger partial charge is 0.338 e. The SMILES string of the molecule is CCOC(=O)c1ccc(OCC(=O)NNC(=S)NC(=O)C=Cc2ccccc2Cl)cc1. The summed E-state index contributed by atoms with van der Waals surface area (Å²) in [5.74, 6) is -1.07. The third kappa shape index (κ3) is 8.45. The average Bonchev–Trinajstić information content (AvgIpc) is 2.76. The molecule has 2 aromatic carbocycles. The number of hydrogen-bond donors (Lipinski definition) is 3. The first-order chi connectivity index (χ1) is 14.9. The van der Waals surface area contributed by atoms with Crippen molar-refractivity contribution >= 4 is 52.8 Å². The van der Waals surface area contributed by atoms with Gasteiger partial charge in [0, 0.05) is 11.1 Å². The second-order valence-electron chi connectivity index (χ2n) is 5.88. The minimum Gasteiger partial charge on any atom is -0.484 e. The lowest BCUT2D eigenvalue weighted by Crippen LogP contribution is -2.49. The van der Waals surface area contributed by atoms with E-state index in [0.717, 1.165) is 0 Å². The van der Waals surface area contributed by atoms with Crippen molar-refractivity contribution in [2.24, 2.45) is 0 Å². The van der Waals surface area contributed by atoms with Crippen LogP contribution in [0.15, 0.2) is 54.6 Å². The minimum absolute atomic E-state index is 0.0963. The molecule has 162 valence electrons. The second kappa shape index (κ2) is 12.3. The highest BCUT2D eigenvalue weighted by Crippen LogP contribution is 2.16. The quantitative estimate of drug-likeness (QED) is 0.252. The van der Waals surface area contributed by atoms with E-state index < -0.39 is 17.8 Å². The molecule has 31 heavy (non-hydrogen) atoms. The topological polar surface area (TPSA) is 106 Å². The molecule has 2 rings (SSSR count). The predicted octanol–water partition coefficient (Wildman–Crippen LogP) is 2.63. The van der Waals surface area contributed by atoms with Gasteiger partial charge < -0.3 is 9.47 Å². The Labute approximate surface area is 189 Å². The van der Waals surface area contributed by atoms with Gasteiger partial charge in [0.05, 0.1) is 12.2 Å². The Kier molecular flexibility index (Phi) is 9.47. The lowest BCUT2D eigenvalue weighted by Gasteiger charge is -2.11. The summed E-state index contributed by atoms with van der Waals surface area (Å²) in [5.41, 5.74) is 5.75. The van der Waals surface area contributed by atoms with Gasteiger partial charge in [-0.15, -0.1) is 0 Å². The molecular weight excluding hydrogens is 442 g/mol. The van der Waals surface area contributed by atoms with E-state index in [9.17, 15) is 14.4 Å². The van der Waals surface area contributed by atoms with E-state index >= 15 is 0 Å². The van der Waals surface area contributed by atoms with Gasteiger partial charge in [-0.25, -0.2) is 4.79 Å². The largest absolute Gasteiger partial charge is 0.484 e. The van der Waals surface area contributed by atoms with Crippen LogP contribution < -0.4 is 20.9 Å². The van der Waals surface area contributed by atoms with Crippen LogP contribution >= 0.6 is 23.8 Å². The van der Waals surface area contributed by atoms with E-state index in [-0.39, 0.29) is 18.3 Å². The normalized spacial score (nSPS) is 10.3. The van der Waals surface area contributed by atoms with Gasteiger partial charge in [0.15, 0.2) is 11.7 Å². The molecule has 0 saturated heterocycles. The van der Waals surface area contributed by atoms with Crippen molar-refractivity contribution in [3.8, 4) is 5.75 Å². The number of benzene rings is 2. The fourth-order valence-electron chi connectivity index (χ4n) is 2.17. The van der Waals surface area contributed by atoms with E-state index in [4.69, 9.17) is 33.3 Å². The lowest BCUT2D eigenvalue weighted by molar-refractivity contribution is -0.123. The zero-order valence-electron chi connectivity index (χ0n) is 16.5. The molecule has 0 fully saturated rings. The number of nitrogens with one attached hydrogen (secondary N) is 3. The number of esters is 1. The summed E-state index contributed by atoms with van der Waals surface area (Å²) in [6, 6.07) is 13.2. The maximum atomic E-state index is 11.9. The summed E-state index contributed by atoms with van der Waals surface area (Å²) in [6.45, 7) is 1.69. The van der Waals surface area contributed by atoms with Gasteiger partial charge in [-0.1, -0.05) is 29.8 Å². The Morgan fingerprint density at radius 1 is 1.06 bits per heavy atom. The van der Waals surface area contributed by atoms with Crippen molar-refractivity contribution in [2.45, 2.75) is 6.92 Å². The Bertz CT molecular complexity index is 979. The van der Waals surface area contributed by atoms with Crippen molar-refractivity contribution in [1.29, 1.82) is 0 Å². The van der Waals surface area contributed by atoms with Gasteiger partial charge >= 0.3 is 5.97 Å². The van der Waals surface area contributed by atoms with Crippen molar-refractivity contribution in [1.82, 2.24) is 16.2 Å². The highest BCUT2D eigenvalue weighted by Gasteiger charge is 2.08. The Balaban J connectivity index is 1.70. The summed E-state index contributed by atoms with van der Waals surface area (Å²) >= 11 is 10.9. The van der Waals surface area contributed by atoms with E-state index in [1.54, 1.807) is 49.4 Å². The molecule has 8 nitrogen and oxygen atoms in total. The van der Waals surface area contributed by atoms with Crippen LogP contribution in [0, 0.1) is 0 Å². The Morgan fingerprint density at radius 2 is 1.77 bits per heavy atom. The number of amides is 2. The standard InChI is InChI=1S/C21H20ClN3O5S/c1-2-29-20(28)15-7-10-16(11-8-15)30-13-19(27)24-25-21(31)23-18(26)12-9-14-5-3-4-6-17(14)22/h3-12H,2,13H2,1H3,(H,24,27)(H2,23,25,26,31). The molecule has 0 aliphatic rings. The second-order valence-corrected chi connectivity index (χ2v) is 6.70. The first kappa shape index (κ1) is 23.8. The summed E-state index contributed by atoms with van der Waals surface area (Å²) in [7, 11) is 0. The summed E-state index contributed by atoms with van der Waals surface area (Å²) in [5, 5.41) is 2.79. The maximum absolute atomic E-state index is 11.9. The van der Waals surface area contributed by atoms with E-state index in [2.05, 4.69) is 16.2 Å². The molecule has 10 heteroatoms. The number of carbonyl (C=O) groups excluding carboxylic acids is 3. The molecule has 0 heterocycles. The Hall–Kier alpha value is -3.43. The Morgan fingerprint density at radius 3 is 2.45 bits per heavy atom. The molecule has 2 aromatic rings. The van der Waals surface area contributed by atoms with Crippen LogP contribution in [0.4, 0.5) is 0 Å². The van der Waals surface area contributed by atoms with Gasteiger partial charge in [0.1, 0.15) is 5.75 Å². The predicted molar refractivity (Wildman–Crippen MR) is 120 cm³/mol. The molecule has 0 saturated carbocycles. The molecule has 0 aliphatic carbocycles. The fourth-order valence-corrected chi connectivity index (χ4v) is 2.52. The van der Waals surface area contributed by atoms with Crippen molar-refractivity contribution in [2.75, 3.05) is 13.2 Å². The average molecular weight is 462 g/mol. The zero-order valence-corrected chi connectivity index (χ0v) is 18.1. The van der Waals surface area contributed by atoms with E-state index in [1.807, 2.05) is 0 Å². The van der Waals surface area contributed by atoms with Crippen LogP contribution in [-0.4, -0.2) is 36.1 Å². The third-order valence-electron chi connectivity index (χ3n) is 3.61. The van der Waals surface area contributed by atoms with Crippen LogP contribution in [0.5, 0.6) is 5.75 Å². The first-order valence-corrected chi connectivity index (χ1v) is 9.90. The molecule has 0 spiro atoms. The maximum Gasteiger partial charge on any atom is 0.338 e. The van der Waals surface area contributed by atoms with Crippen LogP contribution in [0.2, 0.25) is 5.02 Å². The van der Waals surface area contributed by atoms with Crippen LogP contribution in [0.3, 0.4) is 0 Å². The molecule has 0 radical (unpaired) electrons. The van der Waals surface area contributed by atoms with E-state index in [0.29, 0.717) is 21.9 Å².